The average molecular weight is 436 g/mol. The number of aryl methyl sites for hydroxylation is 1. The standard InChI is InChI=1S/C23H18ClN3O2S/c1-13-16(9-10-18-19(13)22(29)27(2)23(30)26-18)12-14-5-7-15(8-6-14)20(28)17-4-3-11-25-21(17)24/h3-11H,12H2,1-2H3,(H,26,30). The highest BCUT2D eigenvalue weighted by Crippen LogP contribution is 2.22. The Bertz CT molecular complexity index is 1410. The van der Waals surface area contributed by atoms with Gasteiger partial charge in [-0.25, -0.2) is 4.98 Å². The first-order valence-corrected chi connectivity index (χ1v) is 10.1. The van der Waals surface area contributed by atoms with Gasteiger partial charge in [0.15, 0.2) is 10.6 Å². The lowest BCUT2D eigenvalue weighted by Gasteiger charge is -2.11. The number of carbonyl (C=O) groups is 1. The molecule has 0 atom stereocenters. The first-order valence-electron chi connectivity index (χ1n) is 9.32. The Hall–Kier alpha value is -3.09. The molecule has 2 aromatic carbocycles. The number of carbonyl (C=O) groups excluding carboxylic acids is 1. The number of benzene rings is 2. The first kappa shape index (κ1) is 20.2. The van der Waals surface area contributed by atoms with Crippen molar-refractivity contribution in [2.75, 3.05) is 0 Å². The van der Waals surface area contributed by atoms with E-state index in [1.54, 1.807) is 37.5 Å². The monoisotopic (exact) mass is 435 g/mol. The molecule has 0 saturated carbocycles. The number of H-pyrrole nitrogens is 1. The van der Waals surface area contributed by atoms with E-state index in [0.717, 1.165) is 22.2 Å². The lowest BCUT2D eigenvalue weighted by molar-refractivity contribution is 0.103. The molecule has 0 amide bonds. The highest BCUT2D eigenvalue weighted by molar-refractivity contribution is 7.71. The molecule has 4 rings (SSSR count). The fourth-order valence-corrected chi connectivity index (χ4v) is 3.89. The normalized spacial score (nSPS) is 11.0. The molecule has 2 heterocycles. The van der Waals surface area contributed by atoms with Crippen LogP contribution in [0.2, 0.25) is 5.15 Å². The van der Waals surface area contributed by atoms with Crippen LogP contribution < -0.4 is 5.56 Å². The molecule has 0 spiro atoms. The quantitative estimate of drug-likeness (QED) is 0.284. The van der Waals surface area contributed by atoms with Gasteiger partial charge in [-0.3, -0.25) is 14.2 Å². The third-order valence-corrected chi connectivity index (χ3v) is 5.93. The molecule has 0 aliphatic carbocycles. The van der Waals surface area contributed by atoms with Crippen LogP contribution in [0.1, 0.15) is 32.6 Å². The Morgan fingerprint density at radius 2 is 1.90 bits per heavy atom. The maximum Gasteiger partial charge on any atom is 0.262 e. The second-order valence-corrected chi connectivity index (χ2v) is 7.86. The predicted octanol–water partition coefficient (Wildman–Crippen LogP) is 4.77. The Morgan fingerprint density at radius 1 is 1.17 bits per heavy atom. The summed E-state index contributed by atoms with van der Waals surface area (Å²) in [5.74, 6) is -0.166. The van der Waals surface area contributed by atoms with Gasteiger partial charge in [0.1, 0.15) is 5.15 Å². The van der Waals surface area contributed by atoms with E-state index < -0.39 is 0 Å². The summed E-state index contributed by atoms with van der Waals surface area (Å²) in [5.41, 5.74) is 4.55. The number of rotatable bonds is 4. The lowest BCUT2D eigenvalue weighted by atomic mass is 9.96. The smallest absolute Gasteiger partial charge is 0.262 e. The summed E-state index contributed by atoms with van der Waals surface area (Å²) >= 11 is 11.2. The van der Waals surface area contributed by atoms with Crippen LogP contribution in [0.5, 0.6) is 0 Å². The van der Waals surface area contributed by atoms with Crippen LogP contribution in [0.25, 0.3) is 10.9 Å². The second kappa shape index (κ2) is 7.97. The van der Waals surface area contributed by atoms with Gasteiger partial charge in [-0.05, 0) is 60.5 Å². The number of aromatic amines is 1. The third kappa shape index (κ3) is 3.60. The van der Waals surface area contributed by atoms with Gasteiger partial charge in [-0.15, -0.1) is 0 Å². The summed E-state index contributed by atoms with van der Waals surface area (Å²) in [5, 5.41) is 0.834. The first-order chi connectivity index (χ1) is 14.4. The molecule has 0 aliphatic heterocycles. The highest BCUT2D eigenvalue weighted by Gasteiger charge is 2.14. The van der Waals surface area contributed by atoms with Gasteiger partial charge < -0.3 is 4.98 Å². The van der Waals surface area contributed by atoms with Gasteiger partial charge in [-0.2, -0.15) is 0 Å². The van der Waals surface area contributed by atoms with Crippen LogP contribution in [0.4, 0.5) is 0 Å². The van der Waals surface area contributed by atoms with E-state index in [0.29, 0.717) is 27.7 Å². The van der Waals surface area contributed by atoms with Crippen molar-refractivity contribution in [2.45, 2.75) is 13.3 Å². The van der Waals surface area contributed by atoms with E-state index in [1.807, 2.05) is 31.2 Å². The number of nitrogens with one attached hydrogen (secondary N) is 1. The zero-order valence-electron chi connectivity index (χ0n) is 16.4. The van der Waals surface area contributed by atoms with Crippen molar-refractivity contribution in [1.29, 1.82) is 0 Å². The summed E-state index contributed by atoms with van der Waals surface area (Å²) in [7, 11) is 1.66. The molecule has 150 valence electrons. The van der Waals surface area contributed by atoms with Gasteiger partial charge in [0.2, 0.25) is 0 Å². The van der Waals surface area contributed by atoms with Crippen LogP contribution >= 0.6 is 23.8 Å². The summed E-state index contributed by atoms with van der Waals surface area (Å²) < 4.78 is 1.84. The highest BCUT2D eigenvalue weighted by atomic mass is 35.5. The summed E-state index contributed by atoms with van der Waals surface area (Å²) in [4.78, 5) is 32.4. The molecule has 0 unspecified atom stereocenters. The topological polar surface area (TPSA) is 67.8 Å². The van der Waals surface area contributed by atoms with Gasteiger partial charge in [0.05, 0.1) is 16.5 Å². The lowest BCUT2D eigenvalue weighted by Crippen LogP contribution is -2.20. The minimum atomic E-state index is -0.166. The molecule has 1 N–H and O–H groups in total. The van der Waals surface area contributed by atoms with Crippen molar-refractivity contribution in [3.05, 3.63) is 103 Å². The zero-order valence-corrected chi connectivity index (χ0v) is 18.0. The number of pyridine rings is 1. The van der Waals surface area contributed by atoms with E-state index >= 15 is 0 Å². The van der Waals surface area contributed by atoms with Gasteiger partial charge in [-0.1, -0.05) is 41.9 Å². The van der Waals surface area contributed by atoms with Gasteiger partial charge in [0, 0.05) is 18.8 Å². The summed E-state index contributed by atoms with van der Waals surface area (Å²) in [6.07, 6.45) is 2.19. The Morgan fingerprint density at radius 3 is 2.60 bits per heavy atom. The Kier molecular flexibility index (Phi) is 5.37. The van der Waals surface area contributed by atoms with Crippen LogP contribution in [-0.4, -0.2) is 20.3 Å². The van der Waals surface area contributed by atoms with Crippen LogP contribution in [-0.2, 0) is 13.5 Å². The number of halogens is 1. The van der Waals surface area contributed by atoms with Crippen molar-refractivity contribution in [3.63, 3.8) is 0 Å². The molecular weight excluding hydrogens is 418 g/mol. The van der Waals surface area contributed by atoms with E-state index in [2.05, 4.69) is 9.97 Å². The maximum absolute atomic E-state index is 12.7. The van der Waals surface area contributed by atoms with Crippen LogP contribution in [0.3, 0.4) is 0 Å². The molecule has 5 nitrogen and oxygen atoms in total. The molecule has 0 bridgehead atoms. The van der Waals surface area contributed by atoms with Gasteiger partial charge in [0.25, 0.3) is 5.56 Å². The van der Waals surface area contributed by atoms with Gasteiger partial charge >= 0.3 is 0 Å². The largest absolute Gasteiger partial charge is 0.332 e. The molecule has 30 heavy (non-hydrogen) atoms. The fourth-order valence-electron chi connectivity index (χ4n) is 3.49. The van der Waals surface area contributed by atoms with Crippen LogP contribution in [0.15, 0.2) is 59.5 Å². The van der Waals surface area contributed by atoms with E-state index in [-0.39, 0.29) is 16.5 Å². The summed E-state index contributed by atoms with van der Waals surface area (Å²) in [6, 6.07) is 14.6. The summed E-state index contributed by atoms with van der Waals surface area (Å²) in [6.45, 7) is 1.94. The molecule has 0 fully saturated rings. The van der Waals surface area contributed by atoms with Crippen molar-refractivity contribution in [1.82, 2.24) is 14.5 Å². The average Bonchev–Trinajstić information content (AvgIpc) is 2.74. The third-order valence-electron chi connectivity index (χ3n) is 5.26. The molecule has 2 aromatic heterocycles. The minimum Gasteiger partial charge on any atom is -0.332 e. The number of ketones is 1. The van der Waals surface area contributed by atoms with Crippen molar-refractivity contribution < 1.29 is 4.79 Å². The van der Waals surface area contributed by atoms with Crippen molar-refractivity contribution in [2.24, 2.45) is 7.05 Å². The second-order valence-electron chi connectivity index (χ2n) is 7.11. The van der Waals surface area contributed by atoms with Crippen molar-refractivity contribution in [3.8, 4) is 0 Å². The number of nitrogens with zero attached hydrogens (tertiary/aromatic N) is 2. The SMILES string of the molecule is Cc1c(Cc2ccc(C(=O)c3cccnc3Cl)cc2)ccc2[nH]c(=S)n(C)c(=O)c12. The van der Waals surface area contributed by atoms with Crippen LogP contribution in [0, 0.1) is 11.7 Å². The number of aromatic nitrogens is 3. The zero-order chi connectivity index (χ0) is 21.4. The molecule has 0 aliphatic rings. The Labute approximate surface area is 183 Å². The molecule has 4 aromatic rings. The molecule has 0 radical (unpaired) electrons. The molecule has 7 heteroatoms. The fraction of sp³-hybridized carbons (Fsp3) is 0.130. The van der Waals surface area contributed by atoms with E-state index in [4.69, 9.17) is 23.8 Å². The van der Waals surface area contributed by atoms with E-state index in [1.165, 1.54) is 4.57 Å². The Balaban J connectivity index is 1.65. The van der Waals surface area contributed by atoms with E-state index in [9.17, 15) is 9.59 Å². The maximum atomic E-state index is 12.7. The number of hydrogen-bond acceptors (Lipinski definition) is 4. The molecule has 0 saturated heterocycles. The number of fused-ring (bicyclic) bond motifs is 1. The number of hydrogen-bond donors (Lipinski definition) is 1. The molecular formula is C23H18ClN3O2S. The van der Waals surface area contributed by atoms with Crippen molar-refractivity contribution >= 4 is 40.5 Å². The predicted molar refractivity (Wildman–Crippen MR) is 121 cm³/mol. The minimum absolute atomic E-state index is 0.109.